The van der Waals surface area contributed by atoms with Gasteiger partial charge in [0.1, 0.15) is 12.4 Å². The molecule has 1 aromatic carbocycles. The summed E-state index contributed by atoms with van der Waals surface area (Å²) in [4.78, 5) is 25.0. The second-order valence-corrected chi connectivity index (χ2v) is 6.26. The van der Waals surface area contributed by atoms with Crippen LogP contribution in [0.4, 0.5) is 10.2 Å². The van der Waals surface area contributed by atoms with Gasteiger partial charge in [-0.05, 0) is 25.5 Å². The van der Waals surface area contributed by atoms with Crippen LogP contribution in [0.15, 0.2) is 71.1 Å². The van der Waals surface area contributed by atoms with Crippen molar-refractivity contribution < 1.29 is 18.5 Å². The third kappa shape index (κ3) is 4.25. The summed E-state index contributed by atoms with van der Waals surface area (Å²) in [6.07, 6.45) is 6.97. The molecule has 6 nitrogen and oxygen atoms in total. The van der Waals surface area contributed by atoms with Crippen LogP contribution in [0.1, 0.15) is 24.2 Å². The first kappa shape index (κ1) is 19.3. The van der Waals surface area contributed by atoms with E-state index >= 15 is 0 Å². The summed E-state index contributed by atoms with van der Waals surface area (Å²) in [5.74, 6) is -1.30. The van der Waals surface area contributed by atoms with Gasteiger partial charge < -0.3 is 14.4 Å². The summed E-state index contributed by atoms with van der Waals surface area (Å²) in [6.45, 7) is 3.77. The number of aromatic nitrogens is 2. The Morgan fingerprint density at radius 1 is 1.32 bits per heavy atom. The van der Waals surface area contributed by atoms with E-state index in [-0.39, 0.29) is 11.4 Å². The maximum absolute atomic E-state index is 13.1. The van der Waals surface area contributed by atoms with E-state index < -0.39 is 17.9 Å². The van der Waals surface area contributed by atoms with Crippen molar-refractivity contribution in [3.8, 4) is 0 Å². The lowest BCUT2D eigenvalue weighted by molar-refractivity contribution is -0.112. The van der Waals surface area contributed by atoms with Crippen LogP contribution in [0.3, 0.4) is 0 Å². The van der Waals surface area contributed by atoms with Gasteiger partial charge in [0.15, 0.2) is 5.82 Å². The number of carbonyl (C=O) groups is 2. The SMILES string of the molecule is C/C=C(\C=C/C(C)F)Cn1cc(C(=O)C(=O)Nc2ccon2)c2ccccc21. The Kier molecular flexibility index (Phi) is 5.84. The molecule has 3 rings (SSSR count). The lowest BCUT2D eigenvalue weighted by atomic mass is 10.1. The van der Waals surface area contributed by atoms with E-state index in [2.05, 4.69) is 15.0 Å². The van der Waals surface area contributed by atoms with E-state index in [0.717, 1.165) is 11.1 Å². The second-order valence-electron chi connectivity index (χ2n) is 6.26. The predicted molar refractivity (Wildman–Crippen MR) is 105 cm³/mol. The van der Waals surface area contributed by atoms with E-state index in [1.807, 2.05) is 29.7 Å². The fraction of sp³-hybridized carbons (Fsp3) is 0.190. The van der Waals surface area contributed by atoms with Gasteiger partial charge in [0.2, 0.25) is 0 Å². The third-order valence-electron chi connectivity index (χ3n) is 4.22. The van der Waals surface area contributed by atoms with E-state index in [4.69, 9.17) is 0 Å². The molecule has 0 saturated carbocycles. The molecule has 0 bridgehead atoms. The molecule has 0 aliphatic heterocycles. The van der Waals surface area contributed by atoms with Gasteiger partial charge in [0.25, 0.3) is 11.7 Å². The quantitative estimate of drug-likeness (QED) is 0.376. The van der Waals surface area contributed by atoms with E-state index in [1.54, 1.807) is 24.4 Å². The van der Waals surface area contributed by atoms with Gasteiger partial charge in [-0.15, -0.1) is 0 Å². The molecule has 2 heterocycles. The van der Waals surface area contributed by atoms with Crippen LogP contribution >= 0.6 is 0 Å². The highest BCUT2D eigenvalue weighted by Crippen LogP contribution is 2.23. The van der Waals surface area contributed by atoms with Gasteiger partial charge in [0.05, 0.1) is 5.56 Å². The van der Waals surface area contributed by atoms with Crippen LogP contribution in [-0.2, 0) is 11.3 Å². The Labute approximate surface area is 161 Å². The van der Waals surface area contributed by atoms with Gasteiger partial charge in [-0.25, -0.2) is 4.39 Å². The number of nitrogens with one attached hydrogen (secondary N) is 1. The monoisotopic (exact) mass is 381 g/mol. The summed E-state index contributed by atoms with van der Waals surface area (Å²) in [6, 6.07) is 8.77. The lowest BCUT2D eigenvalue weighted by Crippen LogP contribution is -2.22. The third-order valence-corrected chi connectivity index (χ3v) is 4.22. The van der Waals surface area contributed by atoms with Crippen LogP contribution in [0.5, 0.6) is 0 Å². The Bertz CT molecular complexity index is 1050. The summed E-state index contributed by atoms with van der Waals surface area (Å²) in [5.41, 5.74) is 1.98. The number of benzene rings is 1. The summed E-state index contributed by atoms with van der Waals surface area (Å²) >= 11 is 0. The van der Waals surface area contributed by atoms with Crippen molar-refractivity contribution in [3.05, 3.63) is 72.2 Å². The molecule has 1 atom stereocenters. The fourth-order valence-corrected chi connectivity index (χ4v) is 2.82. The van der Waals surface area contributed by atoms with Crippen LogP contribution in [0, 0.1) is 0 Å². The average Bonchev–Trinajstić information content (AvgIpc) is 3.32. The van der Waals surface area contributed by atoms with Crippen molar-refractivity contribution in [1.82, 2.24) is 9.72 Å². The molecule has 7 heteroatoms. The summed E-state index contributed by atoms with van der Waals surface area (Å²) < 4.78 is 19.6. The Morgan fingerprint density at radius 2 is 2.11 bits per heavy atom. The number of Topliss-reactive ketones (excluding diaryl/α,β-unsaturated/α-hetero) is 1. The zero-order chi connectivity index (χ0) is 20.1. The average molecular weight is 381 g/mol. The molecule has 28 heavy (non-hydrogen) atoms. The topological polar surface area (TPSA) is 77.1 Å². The van der Waals surface area contributed by atoms with Crippen LogP contribution < -0.4 is 5.32 Å². The molecule has 0 aliphatic carbocycles. The maximum Gasteiger partial charge on any atom is 0.298 e. The van der Waals surface area contributed by atoms with E-state index in [9.17, 15) is 14.0 Å². The Balaban J connectivity index is 1.92. The van der Waals surface area contributed by atoms with Gasteiger partial charge in [-0.3, -0.25) is 9.59 Å². The predicted octanol–water partition coefficient (Wildman–Crippen LogP) is 4.31. The minimum atomic E-state index is -1.05. The number of nitrogens with zero attached hydrogens (tertiary/aromatic N) is 2. The molecule has 1 unspecified atom stereocenters. The number of hydrogen-bond donors (Lipinski definition) is 1. The normalized spacial score (nSPS) is 13.2. The first-order valence-electron chi connectivity index (χ1n) is 8.81. The number of halogens is 1. The summed E-state index contributed by atoms with van der Waals surface area (Å²) in [7, 11) is 0. The molecule has 144 valence electrons. The molecular formula is C21H20FN3O3. The number of amides is 1. The number of anilines is 1. The molecule has 0 fully saturated rings. The Morgan fingerprint density at radius 3 is 2.79 bits per heavy atom. The number of carbonyl (C=O) groups excluding carboxylic acids is 2. The number of ketones is 1. The molecule has 3 aromatic rings. The Hall–Kier alpha value is -3.48. The van der Waals surface area contributed by atoms with Crippen molar-refractivity contribution in [3.63, 3.8) is 0 Å². The molecule has 0 spiro atoms. The highest BCUT2D eigenvalue weighted by atomic mass is 19.1. The highest BCUT2D eigenvalue weighted by molar-refractivity contribution is 6.48. The molecule has 1 amide bonds. The number of alkyl halides is 1. The fourth-order valence-electron chi connectivity index (χ4n) is 2.82. The molecular weight excluding hydrogens is 361 g/mol. The van der Waals surface area contributed by atoms with E-state index in [1.165, 1.54) is 25.3 Å². The largest absolute Gasteiger partial charge is 0.363 e. The van der Waals surface area contributed by atoms with Gasteiger partial charge in [-0.1, -0.05) is 41.6 Å². The maximum atomic E-state index is 13.1. The minimum absolute atomic E-state index is 0.170. The van der Waals surface area contributed by atoms with Crippen molar-refractivity contribution in [1.29, 1.82) is 0 Å². The standard InChI is InChI=1S/C21H20FN3O3/c1-3-15(9-8-14(2)22)12-25-13-17(16-6-4-5-7-18(16)25)20(26)21(27)23-19-10-11-28-24-19/h3-11,13-14H,12H2,1-2H3,(H,23,24,27)/b9-8-,15-3+. The number of fused-ring (bicyclic) bond motifs is 1. The second kappa shape index (κ2) is 8.47. The number of rotatable bonds is 7. The molecule has 1 N–H and O–H groups in total. The number of para-hydroxylation sites is 1. The number of hydrogen-bond acceptors (Lipinski definition) is 4. The number of allylic oxidation sites excluding steroid dienone is 4. The molecule has 2 aromatic heterocycles. The first-order chi connectivity index (χ1) is 13.5. The zero-order valence-corrected chi connectivity index (χ0v) is 15.6. The van der Waals surface area contributed by atoms with Gasteiger partial charge in [-0.2, -0.15) is 0 Å². The van der Waals surface area contributed by atoms with Crippen LogP contribution in [0.25, 0.3) is 10.9 Å². The molecule has 0 aliphatic rings. The van der Waals surface area contributed by atoms with Crippen LogP contribution in [0.2, 0.25) is 0 Å². The highest BCUT2D eigenvalue weighted by Gasteiger charge is 2.22. The first-order valence-corrected chi connectivity index (χ1v) is 8.81. The summed E-state index contributed by atoms with van der Waals surface area (Å²) in [5, 5.41) is 6.65. The minimum Gasteiger partial charge on any atom is -0.363 e. The molecule has 0 radical (unpaired) electrons. The van der Waals surface area contributed by atoms with Gasteiger partial charge >= 0.3 is 0 Å². The van der Waals surface area contributed by atoms with Crippen molar-refractivity contribution in [2.75, 3.05) is 5.32 Å². The van der Waals surface area contributed by atoms with Gasteiger partial charge in [0, 0.05) is 29.7 Å². The zero-order valence-electron chi connectivity index (χ0n) is 15.6. The molecule has 0 saturated heterocycles. The smallest absolute Gasteiger partial charge is 0.298 e. The van der Waals surface area contributed by atoms with Crippen molar-refractivity contribution in [2.45, 2.75) is 26.6 Å². The lowest BCUT2D eigenvalue weighted by Gasteiger charge is -2.06. The van der Waals surface area contributed by atoms with Crippen LogP contribution in [-0.4, -0.2) is 27.6 Å². The van der Waals surface area contributed by atoms with Crippen molar-refractivity contribution in [2.24, 2.45) is 0 Å². The van der Waals surface area contributed by atoms with E-state index in [0.29, 0.717) is 11.9 Å². The van der Waals surface area contributed by atoms with Crippen molar-refractivity contribution >= 4 is 28.4 Å².